The zero-order valence-corrected chi connectivity index (χ0v) is 22.5. The van der Waals surface area contributed by atoms with Gasteiger partial charge in [-0.05, 0) is 98.9 Å². The molecule has 0 bridgehead atoms. The molecule has 0 amide bonds. The summed E-state index contributed by atoms with van der Waals surface area (Å²) in [5.74, 6) is 0.353. The molecule has 3 aromatic rings. The second-order valence-electron chi connectivity index (χ2n) is 10.7. The van der Waals surface area contributed by atoms with E-state index < -0.39 is 10.0 Å². The van der Waals surface area contributed by atoms with Gasteiger partial charge in [0.1, 0.15) is 11.6 Å². The first-order valence-corrected chi connectivity index (χ1v) is 14.7. The maximum Gasteiger partial charge on any atom is 0.243 e. The molecule has 1 atom stereocenters. The topological polar surface area (TPSA) is 67.7 Å². The Morgan fingerprint density at radius 1 is 1.00 bits per heavy atom. The number of methoxy groups -OCH3 is 1. The average molecular weight is 537 g/mol. The molecule has 1 unspecified atom stereocenters. The van der Waals surface area contributed by atoms with Gasteiger partial charge >= 0.3 is 0 Å². The third-order valence-corrected chi connectivity index (χ3v) is 10.1. The minimum absolute atomic E-state index is 0.279. The highest BCUT2D eigenvalue weighted by Gasteiger charge is 2.47. The third kappa shape index (κ3) is 4.57. The number of piperidine rings is 2. The fourth-order valence-electron chi connectivity index (χ4n) is 6.28. The van der Waals surface area contributed by atoms with Crippen molar-refractivity contribution in [1.82, 2.24) is 19.0 Å². The number of benzene rings is 2. The number of sulfonamides is 1. The molecule has 200 valence electrons. The van der Waals surface area contributed by atoms with E-state index in [4.69, 9.17) is 4.74 Å². The molecule has 0 N–H and O–H groups in total. The summed E-state index contributed by atoms with van der Waals surface area (Å²) >= 11 is 0. The van der Waals surface area contributed by atoms with Gasteiger partial charge < -0.3 is 9.64 Å². The highest BCUT2D eigenvalue weighted by atomic mass is 32.2. The molecule has 2 fully saturated rings. The lowest BCUT2D eigenvalue weighted by molar-refractivity contribution is 0.115. The van der Waals surface area contributed by atoms with Crippen molar-refractivity contribution in [3.8, 4) is 11.4 Å². The van der Waals surface area contributed by atoms with E-state index >= 15 is 0 Å². The van der Waals surface area contributed by atoms with E-state index in [9.17, 15) is 12.8 Å². The van der Waals surface area contributed by atoms with E-state index in [2.05, 4.69) is 16.1 Å². The summed E-state index contributed by atoms with van der Waals surface area (Å²) in [5, 5.41) is 4.66. The van der Waals surface area contributed by atoms with Crippen LogP contribution in [-0.2, 0) is 16.4 Å². The highest BCUT2D eigenvalue weighted by molar-refractivity contribution is 7.89. The highest BCUT2D eigenvalue weighted by Crippen LogP contribution is 2.46. The molecule has 3 aliphatic rings. The Morgan fingerprint density at radius 3 is 2.45 bits per heavy atom. The minimum Gasteiger partial charge on any atom is -0.497 e. The summed E-state index contributed by atoms with van der Waals surface area (Å²) in [4.78, 5) is 2.80. The van der Waals surface area contributed by atoms with Crippen LogP contribution in [0.1, 0.15) is 36.9 Å². The minimum atomic E-state index is -3.66. The summed E-state index contributed by atoms with van der Waals surface area (Å²) in [6, 6.07) is 13.0. The number of fused-ring (bicyclic) bond motifs is 2. The van der Waals surface area contributed by atoms with Gasteiger partial charge in [-0.1, -0.05) is 12.0 Å². The van der Waals surface area contributed by atoms with Crippen molar-refractivity contribution >= 4 is 16.1 Å². The first kappa shape index (κ1) is 25.3. The van der Waals surface area contributed by atoms with Gasteiger partial charge in [0.25, 0.3) is 0 Å². The molecule has 6 rings (SSSR count). The number of rotatable bonds is 6. The Balaban J connectivity index is 1.36. The van der Waals surface area contributed by atoms with Crippen LogP contribution in [-0.4, -0.2) is 67.2 Å². The first-order valence-electron chi connectivity index (χ1n) is 13.3. The molecule has 2 saturated heterocycles. The van der Waals surface area contributed by atoms with Gasteiger partial charge in [0.05, 0.1) is 29.6 Å². The molecular formula is C29H33FN4O3S. The molecule has 9 heteroatoms. The van der Waals surface area contributed by atoms with Crippen LogP contribution >= 0.6 is 0 Å². The number of halogens is 1. The van der Waals surface area contributed by atoms with Crippen molar-refractivity contribution in [2.75, 3.05) is 39.8 Å². The van der Waals surface area contributed by atoms with Crippen molar-refractivity contribution in [3.63, 3.8) is 0 Å². The van der Waals surface area contributed by atoms with Gasteiger partial charge in [0, 0.05) is 25.0 Å². The molecule has 1 aromatic heterocycles. The zero-order valence-electron chi connectivity index (χ0n) is 21.6. The third-order valence-electron chi connectivity index (χ3n) is 8.26. The smallest absolute Gasteiger partial charge is 0.243 e. The van der Waals surface area contributed by atoms with Gasteiger partial charge in [0.2, 0.25) is 10.0 Å². The Bertz CT molecular complexity index is 1440. The van der Waals surface area contributed by atoms with Crippen LogP contribution in [0.3, 0.4) is 0 Å². The second-order valence-corrected chi connectivity index (χ2v) is 12.6. The molecule has 7 nitrogen and oxygen atoms in total. The van der Waals surface area contributed by atoms with Gasteiger partial charge in [-0.3, -0.25) is 0 Å². The Labute approximate surface area is 223 Å². The van der Waals surface area contributed by atoms with E-state index in [1.54, 1.807) is 47.8 Å². The van der Waals surface area contributed by atoms with Gasteiger partial charge in [-0.25, -0.2) is 17.5 Å². The van der Waals surface area contributed by atoms with Gasteiger partial charge in [0.15, 0.2) is 0 Å². The Kier molecular flexibility index (Phi) is 6.62. The number of hydrogen-bond donors (Lipinski definition) is 0. The van der Waals surface area contributed by atoms with Crippen LogP contribution in [0, 0.1) is 11.2 Å². The van der Waals surface area contributed by atoms with Crippen LogP contribution in [0.4, 0.5) is 4.39 Å². The second kappa shape index (κ2) is 9.94. The summed E-state index contributed by atoms with van der Waals surface area (Å²) in [7, 11) is -2.09. The van der Waals surface area contributed by atoms with E-state index in [1.165, 1.54) is 37.0 Å². The molecular weight excluding hydrogens is 503 g/mol. The van der Waals surface area contributed by atoms with Crippen molar-refractivity contribution < 1.29 is 17.5 Å². The van der Waals surface area contributed by atoms with E-state index in [0.29, 0.717) is 30.2 Å². The SMILES string of the molecule is COc1ccc(S(=O)(=O)N2CCC3=Cc4c(cnn4-c4ccc(F)cc4)CC3(CN3CCCCC3)C2)cc1. The summed E-state index contributed by atoms with van der Waals surface area (Å²) < 4.78 is 49.8. The fourth-order valence-corrected chi connectivity index (χ4v) is 7.80. The maximum atomic E-state index is 13.8. The number of likely N-dealkylation sites (tertiary alicyclic amines) is 1. The van der Waals surface area contributed by atoms with Crippen molar-refractivity contribution in [3.05, 3.63) is 77.4 Å². The lowest BCUT2D eigenvalue weighted by Gasteiger charge is -2.48. The number of hydrogen-bond acceptors (Lipinski definition) is 5. The largest absolute Gasteiger partial charge is 0.497 e. The van der Waals surface area contributed by atoms with Crippen LogP contribution in [0.2, 0.25) is 0 Å². The normalized spacial score (nSPS) is 22.4. The quantitative estimate of drug-likeness (QED) is 0.463. The number of ether oxygens (including phenoxy) is 1. The van der Waals surface area contributed by atoms with Crippen molar-refractivity contribution in [1.29, 1.82) is 0 Å². The molecule has 3 heterocycles. The molecule has 0 saturated carbocycles. The van der Waals surface area contributed by atoms with E-state index in [1.807, 2.05) is 10.9 Å². The lowest BCUT2D eigenvalue weighted by atomic mass is 9.68. The first-order chi connectivity index (χ1) is 18.4. The molecule has 0 spiro atoms. The summed E-state index contributed by atoms with van der Waals surface area (Å²) in [6.07, 6.45) is 9.10. The van der Waals surface area contributed by atoms with Crippen LogP contribution in [0.15, 0.2) is 65.2 Å². The van der Waals surface area contributed by atoms with Crippen LogP contribution in [0.5, 0.6) is 5.75 Å². The predicted molar refractivity (Wildman–Crippen MR) is 144 cm³/mol. The molecule has 2 aliphatic heterocycles. The Hall–Kier alpha value is -3.01. The van der Waals surface area contributed by atoms with Crippen LogP contribution < -0.4 is 4.74 Å². The molecule has 1 aliphatic carbocycles. The van der Waals surface area contributed by atoms with Crippen molar-refractivity contribution in [2.24, 2.45) is 5.41 Å². The van der Waals surface area contributed by atoms with Crippen molar-refractivity contribution in [2.45, 2.75) is 37.0 Å². The average Bonchev–Trinajstić information content (AvgIpc) is 3.34. The summed E-state index contributed by atoms with van der Waals surface area (Å²) in [5.41, 5.74) is 3.87. The molecule has 2 aromatic carbocycles. The lowest BCUT2D eigenvalue weighted by Crippen LogP contribution is -2.54. The molecule has 38 heavy (non-hydrogen) atoms. The fraction of sp³-hybridized carbons (Fsp3) is 0.414. The summed E-state index contributed by atoms with van der Waals surface area (Å²) in [6.45, 7) is 3.78. The molecule has 0 radical (unpaired) electrons. The van der Waals surface area contributed by atoms with E-state index in [-0.39, 0.29) is 11.2 Å². The van der Waals surface area contributed by atoms with Gasteiger partial charge in [-0.2, -0.15) is 9.40 Å². The van der Waals surface area contributed by atoms with Gasteiger partial charge in [-0.15, -0.1) is 0 Å². The zero-order chi connectivity index (χ0) is 26.3. The number of aromatic nitrogens is 2. The van der Waals surface area contributed by atoms with E-state index in [0.717, 1.165) is 43.0 Å². The monoisotopic (exact) mass is 536 g/mol. The number of nitrogens with zero attached hydrogens (tertiary/aromatic N) is 4. The standard InChI is InChI=1S/C29H33FN4O3S/c1-37-26-9-11-27(12-10-26)38(35,36)33-16-13-23-17-28-22(19-31-34(28)25-7-5-24(30)6-8-25)18-29(23,21-33)20-32-14-3-2-4-15-32/h5-12,17,19H,2-4,13-16,18,20-21H2,1H3. The van der Waals surface area contributed by atoms with Crippen LogP contribution in [0.25, 0.3) is 11.8 Å². The maximum absolute atomic E-state index is 13.8. The Morgan fingerprint density at radius 2 is 1.74 bits per heavy atom. The predicted octanol–water partition coefficient (Wildman–Crippen LogP) is 4.53.